The van der Waals surface area contributed by atoms with Crippen LogP contribution in [0.4, 0.5) is 4.79 Å². The predicted molar refractivity (Wildman–Crippen MR) is 167 cm³/mol. The Balaban J connectivity index is 1.74. The average molecular weight is 600 g/mol. The van der Waals surface area contributed by atoms with Gasteiger partial charge < -0.3 is 26.2 Å². The van der Waals surface area contributed by atoms with Crippen molar-refractivity contribution in [2.45, 2.75) is 124 Å². The number of aryl methyl sites for hydroxylation is 2. The lowest BCUT2D eigenvalue weighted by Gasteiger charge is -2.36. The zero-order valence-electron chi connectivity index (χ0n) is 26.8. The molecule has 10 heteroatoms. The highest BCUT2D eigenvalue weighted by atomic mass is 16.4. The van der Waals surface area contributed by atoms with Crippen molar-refractivity contribution in [3.8, 4) is 5.75 Å². The zero-order chi connectivity index (χ0) is 31.7. The third-order valence-corrected chi connectivity index (χ3v) is 9.09. The van der Waals surface area contributed by atoms with E-state index in [4.69, 9.17) is 5.73 Å². The minimum absolute atomic E-state index is 0.0456. The zero-order valence-corrected chi connectivity index (χ0v) is 26.8. The molecule has 1 saturated carbocycles. The Labute approximate surface area is 256 Å². The van der Waals surface area contributed by atoms with Crippen LogP contribution in [0.3, 0.4) is 0 Å². The molecule has 0 radical (unpaired) electrons. The van der Waals surface area contributed by atoms with Crippen molar-refractivity contribution in [3.63, 3.8) is 0 Å². The molecule has 5 N–H and O–H groups in total. The number of nitrogens with two attached hydrogens (primary N) is 1. The summed E-state index contributed by atoms with van der Waals surface area (Å²) < 4.78 is 0. The lowest BCUT2D eigenvalue weighted by molar-refractivity contribution is -0.143. The summed E-state index contributed by atoms with van der Waals surface area (Å²) in [7, 11) is 0. The molecule has 2 fully saturated rings. The molecule has 10 nitrogen and oxygen atoms in total. The van der Waals surface area contributed by atoms with E-state index < -0.39 is 23.6 Å². The maximum atomic E-state index is 13.7. The van der Waals surface area contributed by atoms with Crippen molar-refractivity contribution >= 4 is 23.9 Å². The molecule has 0 bridgehead atoms. The molecule has 3 rings (SSSR count). The van der Waals surface area contributed by atoms with E-state index in [0.717, 1.165) is 18.8 Å². The molecule has 1 unspecified atom stereocenters. The molecular formula is C33H53N5O5. The molecule has 1 saturated heterocycles. The number of Topliss-reactive ketones (excluding diaryl/α,β-unsaturated/α-hetero) is 1. The van der Waals surface area contributed by atoms with Gasteiger partial charge in [0.05, 0.1) is 17.4 Å². The Kier molecular flexibility index (Phi) is 12.4. The highest BCUT2D eigenvalue weighted by molar-refractivity contribution is 5.94. The normalized spacial score (nSPS) is 20.3. The Morgan fingerprint density at radius 2 is 1.67 bits per heavy atom. The van der Waals surface area contributed by atoms with Crippen LogP contribution in [0.1, 0.15) is 116 Å². The van der Waals surface area contributed by atoms with Gasteiger partial charge in [-0.3, -0.25) is 9.59 Å². The standard InChI is InChI=1S/C33H53N5O5/c1-21(2)28(39)27-23(18-20-38(27)31(41)30(33(3,4)5)37-32(42)43)15-16-25-29(40)24(35-26(36-25)17-19-34)14-8-6-7-11-22-12-9-10-13-22/h17,19,21-23,27,30,37,40H,6-16,18,20,34H2,1-5H3,(H,42,43)/t23-,27+,30?/m1/s1. The minimum atomic E-state index is -1.28. The summed E-state index contributed by atoms with van der Waals surface area (Å²) >= 11 is 0. The SMILES string of the molecule is CC(C)C(=O)[C@@H]1[C@H](CCc2nc(C=CN)nc(CCCCCC3CCCC3)c2O)CCN1C(=O)C(NC(=O)O)C(C)(C)C. The first-order valence-electron chi connectivity index (χ1n) is 16.1. The van der Waals surface area contributed by atoms with Crippen LogP contribution >= 0.6 is 0 Å². The Hall–Kier alpha value is -3.17. The maximum Gasteiger partial charge on any atom is 0.405 e. The number of carbonyl (C=O) groups is 3. The quantitative estimate of drug-likeness (QED) is 0.205. The maximum absolute atomic E-state index is 13.7. The number of unbranched alkanes of at least 4 members (excludes halogenated alkanes) is 2. The second kappa shape index (κ2) is 15.5. The number of hydrogen-bond acceptors (Lipinski definition) is 7. The van der Waals surface area contributed by atoms with Crippen molar-refractivity contribution in [1.82, 2.24) is 20.2 Å². The highest BCUT2D eigenvalue weighted by Crippen LogP contribution is 2.35. The second-order valence-electron chi connectivity index (χ2n) is 13.8. The van der Waals surface area contributed by atoms with Crippen LogP contribution in [0.15, 0.2) is 6.20 Å². The van der Waals surface area contributed by atoms with Crippen molar-refractivity contribution in [1.29, 1.82) is 0 Å². The molecule has 1 aromatic heterocycles. The first-order valence-corrected chi connectivity index (χ1v) is 16.1. The van der Waals surface area contributed by atoms with Crippen molar-refractivity contribution in [2.75, 3.05) is 6.54 Å². The molecule has 1 aliphatic carbocycles. The van der Waals surface area contributed by atoms with Crippen molar-refractivity contribution < 1.29 is 24.6 Å². The fourth-order valence-corrected chi connectivity index (χ4v) is 6.68. The molecule has 1 aromatic rings. The number of carbonyl (C=O) groups excluding carboxylic acids is 2. The van der Waals surface area contributed by atoms with E-state index in [1.165, 1.54) is 44.7 Å². The van der Waals surface area contributed by atoms with Gasteiger partial charge in [-0.25, -0.2) is 14.8 Å². The topological polar surface area (TPSA) is 159 Å². The van der Waals surface area contributed by atoms with Gasteiger partial charge in [-0.15, -0.1) is 0 Å². The van der Waals surface area contributed by atoms with Gasteiger partial charge in [0.1, 0.15) is 6.04 Å². The van der Waals surface area contributed by atoms with Gasteiger partial charge in [0, 0.05) is 12.5 Å². The fraction of sp³-hybridized carbons (Fsp3) is 0.727. The van der Waals surface area contributed by atoms with Gasteiger partial charge in [-0.1, -0.05) is 79.6 Å². The summed E-state index contributed by atoms with van der Waals surface area (Å²) in [5.74, 6) is 0.550. The van der Waals surface area contributed by atoms with Crippen LogP contribution in [-0.4, -0.2) is 61.5 Å². The van der Waals surface area contributed by atoms with E-state index >= 15 is 0 Å². The summed E-state index contributed by atoms with van der Waals surface area (Å²) in [6.45, 7) is 9.41. The van der Waals surface area contributed by atoms with Gasteiger partial charge in [0.2, 0.25) is 5.91 Å². The third kappa shape index (κ3) is 9.41. The molecule has 240 valence electrons. The lowest BCUT2D eigenvalue weighted by Crippen LogP contribution is -2.57. The minimum Gasteiger partial charge on any atom is -0.504 e. The van der Waals surface area contributed by atoms with Crippen LogP contribution in [0, 0.1) is 23.2 Å². The Morgan fingerprint density at radius 3 is 2.26 bits per heavy atom. The monoisotopic (exact) mass is 599 g/mol. The van der Waals surface area contributed by atoms with Crippen LogP contribution in [0.5, 0.6) is 5.75 Å². The molecule has 2 heterocycles. The molecule has 2 aliphatic rings. The van der Waals surface area contributed by atoms with Crippen LogP contribution in [-0.2, 0) is 22.4 Å². The predicted octanol–water partition coefficient (Wildman–Crippen LogP) is 5.46. The number of nitrogens with zero attached hydrogens (tertiary/aromatic N) is 3. The number of amides is 2. The van der Waals surface area contributed by atoms with Gasteiger partial charge >= 0.3 is 6.09 Å². The number of nitrogens with one attached hydrogen (secondary N) is 1. The van der Waals surface area contributed by atoms with E-state index in [1.54, 1.807) is 31.7 Å². The number of aromatic nitrogens is 2. The van der Waals surface area contributed by atoms with Gasteiger partial charge in [0.25, 0.3) is 0 Å². The number of aromatic hydroxyl groups is 1. The largest absolute Gasteiger partial charge is 0.504 e. The molecular weight excluding hydrogens is 546 g/mol. The molecule has 43 heavy (non-hydrogen) atoms. The van der Waals surface area contributed by atoms with E-state index in [-0.39, 0.29) is 29.3 Å². The molecule has 0 spiro atoms. The summed E-state index contributed by atoms with van der Waals surface area (Å²) in [5, 5.41) is 22.9. The Bertz CT molecular complexity index is 1140. The van der Waals surface area contributed by atoms with Crippen LogP contribution in [0.25, 0.3) is 6.08 Å². The number of likely N-dealkylation sites (tertiary alicyclic amines) is 1. The summed E-state index contributed by atoms with van der Waals surface area (Å²) in [5.41, 5.74) is 6.10. The van der Waals surface area contributed by atoms with E-state index in [2.05, 4.69) is 15.3 Å². The Morgan fingerprint density at radius 1 is 1.02 bits per heavy atom. The first kappa shape index (κ1) is 34.3. The molecule has 1 aliphatic heterocycles. The van der Waals surface area contributed by atoms with E-state index in [9.17, 15) is 24.6 Å². The van der Waals surface area contributed by atoms with Gasteiger partial charge in [-0.05, 0) is 61.6 Å². The summed E-state index contributed by atoms with van der Waals surface area (Å²) in [6.07, 6.45) is 13.9. The molecule has 3 atom stereocenters. The first-order chi connectivity index (χ1) is 20.3. The smallest absolute Gasteiger partial charge is 0.405 e. The average Bonchev–Trinajstić information content (AvgIpc) is 3.61. The van der Waals surface area contributed by atoms with Crippen molar-refractivity contribution in [3.05, 3.63) is 23.4 Å². The van der Waals surface area contributed by atoms with E-state index in [0.29, 0.717) is 49.4 Å². The van der Waals surface area contributed by atoms with Crippen LogP contribution in [0.2, 0.25) is 0 Å². The fourth-order valence-electron chi connectivity index (χ4n) is 6.68. The summed E-state index contributed by atoms with van der Waals surface area (Å²) in [6, 6.07) is -1.65. The molecule has 0 aromatic carbocycles. The highest BCUT2D eigenvalue weighted by Gasteiger charge is 2.46. The van der Waals surface area contributed by atoms with Crippen molar-refractivity contribution in [2.24, 2.45) is 28.9 Å². The van der Waals surface area contributed by atoms with Gasteiger partial charge in [-0.2, -0.15) is 0 Å². The van der Waals surface area contributed by atoms with Gasteiger partial charge in [0.15, 0.2) is 17.4 Å². The number of hydrogen-bond donors (Lipinski definition) is 4. The van der Waals surface area contributed by atoms with Crippen LogP contribution < -0.4 is 11.1 Å². The summed E-state index contributed by atoms with van der Waals surface area (Å²) in [4.78, 5) is 49.4. The number of carboxylic acid groups (broad SMARTS) is 1. The number of ketones is 1. The third-order valence-electron chi connectivity index (χ3n) is 9.09. The second-order valence-corrected chi connectivity index (χ2v) is 13.8. The lowest BCUT2D eigenvalue weighted by atomic mass is 9.84. The molecule has 2 amide bonds. The van der Waals surface area contributed by atoms with E-state index in [1.807, 2.05) is 13.8 Å². The number of rotatable bonds is 14.